The lowest BCUT2D eigenvalue weighted by molar-refractivity contribution is -0.139. The number of nitrogens with one attached hydrogen (secondary N) is 4. The second kappa shape index (κ2) is 10.0. The molecular formula is C14H26N6O5. The van der Waals surface area contributed by atoms with E-state index < -0.39 is 36.2 Å². The third-order valence-electron chi connectivity index (χ3n) is 3.77. The number of aliphatic hydroxyl groups is 1. The minimum atomic E-state index is -1.22. The largest absolute Gasteiger partial charge is 0.391 e. The zero-order valence-corrected chi connectivity index (χ0v) is 14.4. The van der Waals surface area contributed by atoms with Gasteiger partial charge in [0, 0.05) is 19.5 Å². The maximum atomic E-state index is 12.0. The lowest BCUT2D eigenvalue weighted by Crippen LogP contribution is -2.52. The van der Waals surface area contributed by atoms with Crippen LogP contribution in [0.15, 0.2) is 0 Å². The number of hydrazine groups is 1. The summed E-state index contributed by atoms with van der Waals surface area (Å²) in [7, 11) is 1.81. The highest BCUT2D eigenvalue weighted by atomic mass is 16.3. The van der Waals surface area contributed by atoms with Gasteiger partial charge in [-0.05, 0) is 19.9 Å². The van der Waals surface area contributed by atoms with Crippen molar-refractivity contribution >= 4 is 23.5 Å². The third kappa shape index (κ3) is 7.13. The van der Waals surface area contributed by atoms with E-state index in [1.165, 1.54) is 6.92 Å². The van der Waals surface area contributed by atoms with E-state index >= 15 is 0 Å². The summed E-state index contributed by atoms with van der Waals surface area (Å²) in [6.07, 6.45) is -1.04. The van der Waals surface area contributed by atoms with Gasteiger partial charge in [-0.15, -0.1) is 0 Å². The first kappa shape index (κ1) is 21.0. The normalized spacial score (nSPS) is 21.1. The molecule has 3 amide bonds. The number of ketones is 2. The molecule has 0 bridgehead atoms. The highest BCUT2D eigenvalue weighted by Crippen LogP contribution is 2.05. The minimum absolute atomic E-state index is 0.0983. The third-order valence-corrected chi connectivity index (χ3v) is 3.77. The molecule has 11 nitrogen and oxygen atoms in total. The molecule has 142 valence electrons. The number of hydrogen-bond donors (Lipinski definition) is 6. The predicted molar refractivity (Wildman–Crippen MR) is 88.0 cm³/mol. The fourth-order valence-corrected chi connectivity index (χ4v) is 2.42. The minimum Gasteiger partial charge on any atom is -0.391 e. The Kier molecular flexibility index (Phi) is 8.41. The first-order chi connectivity index (χ1) is 11.7. The van der Waals surface area contributed by atoms with E-state index in [1.54, 1.807) is 0 Å². The predicted octanol–water partition coefficient (Wildman–Crippen LogP) is -3.34. The zero-order chi connectivity index (χ0) is 19.0. The van der Waals surface area contributed by atoms with Crippen LogP contribution in [-0.2, 0) is 14.4 Å². The summed E-state index contributed by atoms with van der Waals surface area (Å²) in [6.45, 7) is 2.11. The highest BCUT2D eigenvalue weighted by molar-refractivity contribution is 6.40. The van der Waals surface area contributed by atoms with Gasteiger partial charge >= 0.3 is 6.03 Å². The smallest absolute Gasteiger partial charge is 0.315 e. The van der Waals surface area contributed by atoms with Gasteiger partial charge in [-0.25, -0.2) is 10.2 Å². The Balaban J connectivity index is 2.46. The first-order valence-electron chi connectivity index (χ1n) is 7.92. The summed E-state index contributed by atoms with van der Waals surface area (Å²) in [5.74, 6) is 2.84. The number of rotatable bonds is 8. The van der Waals surface area contributed by atoms with Gasteiger partial charge in [0.05, 0.1) is 19.3 Å². The number of hydrogen-bond acceptors (Lipinski definition) is 8. The van der Waals surface area contributed by atoms with Crippen LogP contribution in [0.1, 0.15) is 13.3 Å². The Labute approximate surface area is 145 Å². The number of carbonyl (C=O) groups excluding carboxylic acids is 4. The van der Waals surface area contributed by atoms with Gasteiger partial charge in [-0.2, -0.15) is 0 Å². The number of nitrogens with two attached hydrogens (primary N) is 1. The van der Waals surface area contributed by atoms with Crippen molar-refractivity contribution in [2.45, 2.75) is 25.5 Å². The van der Waals surface area contributed by atoms with Crippen LogP contribution in [0.2, 0.25) is 0 Å². The van der Waals surface area contributed by atoms with Crippen LogP contribution in [0.4, 0.5) is 4.79 Å². The first-order valence-corrected chi connectivity index (χ1v) is 7.92. The molecule has 0 aromatic heterocycles. The van der Waals surface area contributed by atoms with Gasteiger partial charge in [0.2, 0.25) is 17.5 Å². The van der Waals surface area contributed by atoms with Crippen LogP contribution in [0.5, 0.6) is 0 Å². The standard InChI is InChI=1S/C14H26N6O5/c1-8(21)12(19-15)13(24)10(22)5-16-11(23)3-9-4-17-14(25)18-7-20(2)6-9/h8-9,12,19,21H,3-7,15H2,1-2H3,(H,16,23)(H2,17,18,25)/t8-,9?,12+/m1/s1. The number of Topliss-reactive ketones (excluding diaryl/α,β-unsaturated/α-hetero) is 2. The van der Waals surface area contributed by atoms with E-state index in [0.29, 0.717) is 19.8 Å². The molecule has 1 saturated heterocycles. The lowest BCUT2D eigenvalue weighted by atomic mass is 10.0. The average molecular weight is 358 g/mol. The molecule has 1 fully saturated rings. The Morgan fingerprint density at radius 2 is 2.08 bits per heavy atom. The quantitative estimate of drug-likeness (QED) is 0.149. The summed E-state index contributed by atoms with van der Waals surface area (Å²) in [4.78, 5) is 48.8. The zero-order valence-electron chi connectivity index (χ0n) is 14.4. The van der Waals surface area contributed by atoms with E-state index in [-0.39, 0.29) is 18.4 Å². The fraction of sp³-hybridized carbons (Fsp3) is 0.714. The van der Waals surface area contributed by atoms with Gasteiger partial charge in [-0.1, -0.05) is 0 Å². The molecule has 1 heterocycles. The molecule has 1 aliphatic rings. The second-order valence-corrected chi connectivity index (χ2v) is 6.10. The Morgan fingerprint density at radius 3 is 2.68 bits per heavy atom. The van der Waals surface area contributed by atoms with E-state index in [2.05, 4.69) is 21.4 Å². The van der Waals surface area contributed by atoms with Gasteiger partial charge in [0.1, 0.15) is 6.04 Å². The number of amides is 3. The molecule has 3 atom stereocenters. The molecule has 0 aromatic carbocycles. The summed E-state index contributed by atoms with van der Waals surface area (Å²) in [6, 6.07) is -1.53. The number of urea groups is 1. The molecule has 0 spiro atoms. The van der Waals surface area contributed by atoms with Crippen LogP contribution in [0, 0.1) is 5.92 Å². The maximum Gasteiger partial charge on any atom is 0.315 e. The molecule has 1 unspecified atom stereocenters. The maximum absolute atomic E-state index is 12.0. The lowest BCUT2D eigenvalue weighted by Gasteiger charge is -2.27. The second-order valence-electron chi connectivity index (χ2n) is 6.10. The summed E-state index contributed by atoms with van der Waals surface area (Å²) >= 11 is 0. The van der Waals surface area contributed by atoms with Crippen molar-refractivity contribution in [2.75, 3.05) is 33.4 Å². The molecule has 1 rings (SSSR count). The van der Waals surface area contributed by atoms with Crippen molar-refractivity contribution in [2.24, 2.45) is 11.8 Å². The molecule has 25 heavy (non-hydrogen) atoms. The van der Waals surface area contributed by atoms with E-state index in [1.807, 2.05) is 11.9 Å². The molecule has 0 radical (unpaired) electrons. The van der Waals surface area contributed by atoms with Gasteiger partial charge in [0.15, 0.2) is 0 Å². The van der Waals surface area contributed by atoms with Crippen LogP contribution >= 0.6 is 0 Å². The van der Waals surface area contributed by atoms with E-state index in [0.717, 1.165) is 0 Å². The van der Waals surface area contributed by atoms with Crippen LogP contribution in [0.25, 0.3) is 0 Å². The fourth-order valence-electron chi connectivity index (χ4n) is 2.42. The molecule has 11 heteroatoms. The number of carbonyl (C=O) groups is 4. The van der Waals surface area contributed by atoms with Crippen molar-refractivity contribution in [1.29, 1.82) is 0 Å². The van der Waals surface area contributed by atoms with E-state index in [4.69, 9.17) is 5.84 Å². The van der Waals surface area contributed by atoms with Crippen LogP contribution in [-0.4, -0.2) is 79.0 Å². The van der Waals surface area contributed by atoms with Crippen molar-refractivity contribution in [3.8, 4) is 0 Å². The number of aliphatic hydroxyl groups excluding tert-OH is 1. The van der Waals surface area contributed by atoms with Crippen molar-refractivity contribution in [3.05, 3.63) is 0 Å². The molecule has 7 N–H and O–H groups in total. The monoisotopic (exact) mass is 358 g/mol. The van der Waals surface area contributed by atoms with Crippen molar-refractivity contribution < 1.29 is 24.3 Å². The molecule has 0 saturated carbocycles. The summed E-state index contributed by atoms with van der Waals surface area (Å²) in [5.41, 5.74) is 2.07. The molecule has 1 aliphatic heterocycles. The van der Waals surface area contributed by atoms with Crippen LogP contribution < -0.4 is 27.2 Å². The Bertz CT molecular complexity index is 512. The SMILES string of the molecule is C[C@@H](O)[C@H](NN)C(=O)C(=O)CNC(=O)CC1CNC(=O)NCN(C)C1. The molecular weight excluding hydrogens is 332 g/mol. The molecule has 0 aromatic rings. The highest BCUT2D eigenvalue weighted by Gasteiger charge is 2.28. The topological polar surface area (TPSA) is 166 Å². The Morgan fingerprint density at radius 1 is 1.40 bits per heavy atom. The Hall–Kier alpha value is -2.08. The van der Waals surface area contributed by atoms with Gasteiger partial charge in [-0.3, -0.25) is 25.1 Å². The summed E-state index contributed by atoms with van der Waals surface area (Å²) in [5, 5.41) is 17.1. The number of nitrogens with zero attached hydrogens (tertiary/aromatic N) is 1. The average Bonchev–Trinajstić information content (AvgIpc) is 2.54. The molecule has 0 aliphatic carbocycles. The van der Waals surface area contributed by atoms with Gasteiger partial charge in [0.25, 0.3) is 0 Å². The van der Waals surface area contributed by atoms with E-state index in [9.17, 15) is 24.3 Å². The van der Waals surface area contributed by atoms with Crippen molar-refractivity contribution in [1.82, 2.24) is 26.3 Å². The van der Waals surface area contributed by atoms with Crippen molar-refractivity contribution in [3.63, 3.8) is 0 Å². The summed E-state index contributed by atoms with van der Waals surface area (Å²) < 4.78 is 0. The van der Waals surface area contributed by atoms with Gasteiger partial charge < -0.3 is 21.1 Å². The van der Waals surface area contributed by atoms with Crippen LogP contribution in [0.3, 0.4) is 0 Å².